The number of amides is 1. The molecule has 3 N–H and O–H groups in total. The van der Waals surface area contributed by atoms with Crippen molar-refractivity contribution in [2.24, 2.45) is 11.7 Å². The summed E-state index contributed by atoms with van der Waals surface area (Å²) in [6.45, 7) is 9.05. The lowest BCUT2D eigenvalue weighted by atomic mass is 10.1. The van der Waals surface area contributed by atoms with Crippen LogP contribution in [0.5, 0.6) is 5.75 Å². The highest BCUT2D eigenvalue weighted by Gasteiger charge is 2.20. The summed E-state index contributed by atoms with van der Waals surface area (Å²) in [4.78, 5) is 42.8. The zero-order valence-electron chi connectivity index (χ0n) is 24.3. The number of carbonyl (C=O) groups is 2. The molecule has 4 aromatic rings. The van der Waals surface area contributed by atoms with Crippen LogP contribution in [0.4, 0.5) is 5.69 Å². The van der Waals surface area contributed by atoms with Crippen LogP contribution < -0.4 is 26.2 Å². The number of hydrogen-bond donors (Lipinski definition) is 2. The number of carbonyl (C=O) groups excluding carboxylic acids is 2. The van der Waals surface area contributed by atoms with E-state index in [9.17, 15) is 14.4 Å². The minimum atomic E-state index is -0.724. The van der Waals surface area contributed by atoms with E-state index in [2.05, 4.69) is 44.8 Å². The fourth-order valence-electron chi connectivity index (χ4n) is 5.32. The fraction of sp³-hybridized carbons (Fsp3) is 0.406. The van der Waals surface area contributed by atoms with Crippen molar-refractivity contribution >= 4 is 49.8 Å². The monoisotopic (exact) mass is 589 g/mol. The lowest BCUT2D eigenvalue weighted by molar-refractivity contribution is -0.123. The minimum Gasteiger partial charge on any atom is -0.494 e. The maximum absolute atomic E-state index is 12.9. The normalized spacial score (nSPS) is 14.9. The number of pyridine rings is 1. The number of aromatic nitrogens is 1. The third kappa shape index (κ3) is 6.83. The Hall–Kier alpha value is -3.73. The predicted octanol–water partition coefficient (Wildman–Crippen LogP) is 3.94. The lowest BCUT2D eigenvalue weighted by Gasteiger charge is -2.36. The van der Waals surface area contributed by atoms with Crippen molar-refractivity contribution in [2.75, 3.05) is 50.8 Å². The molecule has 0 aliphatic carbocycles. The Bertz CT molecular complexity index is 1610. The third-order valence-electron chi connectivity index (χ3n) is 7.88. The van der Waals surface area contributed by atoms with Crippen LogP contribution in [0, 0.1) is 5.92 Å². The molecule has 0 spiro atoms. The largest absolute Gasteiger partial charge is 0.494 e. The fourth-order valence-corrected chi connectivity index (χ4v) is 6.12. The Balaban J connectivity index is 1.10. The number of thiophene rings is 1. The van der Waals surface area contributed by atoms with Crippen molar-refractivity contribution in [3.8, 4) is 5.75 Å². The van der Waals surface area contributed by atoms with Gasteiger partial charge in [0.05, 0.1) is 24.7 Å². The van der Waals surface area contributed by atoms with E-state index in [0.717, 1.165) is 55.5 Å². The molecule has 1 unspecified atom stereocenters. The molecule has 1 aliphatic rings. The second-order valence-corrected chi connectivity index (χ2v) is 12.1. The van der Waals surface area contributed by atoms with E-state index < -0.39 is 23.4 Å². The van der Waals surface area contributed by atoms with E-state index in [4.69, 9.17) is 10.5 Å². The van der Waals surface area contributed by atoms with E-state index >= 15 is 0 Å². The van der Waals surface area contributed by atoms with Gasteiger partial charge in [-0.15, -0.1) is 11.3 Å². The summed E-state index contributed by atoms with van der Waals surface area (Å²) in [5, 5.41) is 6.79. The molecular weight excluding hydrogens is 550 g/mol. The molecule has 42 heavy (non-hydrogen) atoms. The van der Waals surface area contributed by atoms with Gasteiger partial charge < -0.3 is 20.7 Å². The Morgan fingerprint density at radius 2 is 1.81 bits per heavy atom. The average Bonchev–Trinajstić information content (AvgIpc) is 3.48. The molecule has 0 bridgehead atoms. The number of nitrogens with one attached hydrogen (secondary N) is 1. The van der Waals surface area contributed by atoms with Crippen LogP contribution in [0.25, 0.3) is 21.0 Å². The molecule has 2 aromatic carbocycles. The summed E-state index contributed by atoms with van der Waals surface area (Å²) in [6.07, 6.45) is 1.92. The summed E-state index contributed by atoms with van der Waals surface area (Å²) in [5.41, 5.74) is 7.19. The van der Waals surface area contributed by atoms with E-state index in [-0.39, 0.29) is 12.5 Å². The Morgan fingerprint density at radius 3 is 2.60 bits per heavy atom. The van der Waals surface area contributed by atoms with Gasteiger partial charge in [-0.2, -0.15) is 0 Å². The molecule has 1 fully saturated rings. The summed E-state index contributed by atoms with van der Waals surface area (Å²) >= 11 is 1.79. The number of nitrogens with two attached hydrogens (primary N) is 1. The molecule has 10 heteroatoms. The van der Waals surface area contributed by atoms with E-state index in [1.54, 1.807) is 23.5 Å². The van der Waals surface area contributed by atoms with Crippen LogP contribution in [0.15, 0.2) is 64.8 Å². The van der Waals surface area contributed by atoms with Gasteiger partial charge >= 0.3 is 0 Å². The van der Waals surface area contributed by atoms with Crippen LogP contribution in [0.2, 0.25) is 0 Å². The van der Waals surface area contributed by atoms with Crippen LogP contribution in [0.3, 0.4) is 0 Å². The molecular formula is C32H39N5O4S. The number of hydrogen-bond acceptors (Lipinski definition) is 8. The van der Waals surface area contributed by atoms with Crippen LogP contribution >= 0.6 is 11.3 Å². The first kappa shape index (κ1) is 29.8. The Kier molecular flexibility index (Phi) is 9.56. The van der Waals surface area contributed by atoms with Crippen LogP contribution in [-0.4, -0.2) is 73.2 Å². The third-order valence-corrected chi connectivity index (χ3v) is 8.76. The summed E-state index contributed by atoms with van der Waals surface area (Å²) in [5.74, 6) is -0.424. The van der Waals surface area contributed by atoms with Crippen molar-refractivity contribution in [3.05, 3.63) is 70.3 Å². The van der Waals surface area contributed by atoms with Crippen molar-refractivity contribution in [1.29, 1.82) is 0 Å². The predicted molar refractivity (Wildman–Crippen MR) is 170 cm³/mol. The highest BCUT2D eigenvalue weighted by Crippen LogP contribution is 2.31. The molecule has 1 amide bonds. The van der Waals surface area contributed by atoms with Gasteiger partial charge in [0.15, 0.2) is 0 Å². The number of benzene rings is 2. The second kappa shape index (κ2) is 13.5. The van der Waals surface area contributed by atoms with Gasteiger partial charge in [0.25, 0.3) is 11.5 Å². The van der Waals surface area contributed by atoms with Crippen molar-refractivity contribution in [1.82, 2.24) is 14.8 Å². The van der Waals surface area contributed by atoms with Gasteiger partial charge in [-0.3, -0.25) is 19.3 Å². The van der Waals surface area contributed by atoms with Gasteiger partial charge in [-0.05, 0) is 72.5 Å². The Labute approximate surface area is 249 Å². The number of fused-ring (bicyclic) bond motifs is 2. The summed E-state index contributed by atoms with van der Waals surface area (Å²) < 4.78 is 8.43. The van der Waals surface area contributed by atoms with Crippen molar-refractivity contribution in [2.45, 2.75) is 32.7 Å². The molecule has 222 valence electrons. The minimum absolute atomic E-state index is 0.0670. The van der Waals surface area contributed by atoms with Gasteiger partial charge in [-0.1, -0.05) is 19.9 Å². The number of anilines is 1. The number of nitrogens with zero attached hydrogens (tertiary/aromatic N) is 3. The van der Waals surface area contributed by atoms with Gasteiger partial charge in [0.2, 0.25) is 5.91 Å². The molecule has 0 radical (unpaired) electrons. The van der Waals surface area contributed by atoms with E-state index in [1.807, 2.05) is 26.0 Å². The number of rotatable bonds is 11. The van der Waals surface area contributed by atoms with Gasteiger partial charge in [0.1, 0.15) is 5.75 Å². The van der Waals surface area contributed by atoms with Crippen LogP contribution in [-0.2, 0) is 4.79 Å². The van der Waals surface area contributed by atoms with Crippen LogP contribution in [0.1, 0.15) is 31.5 Å². The smallest absolute Gasteiger partial charge is 0.257 e. The standard InChI is InChI=1S/C32H39N5O4S/c1-22(2)31(33)32(40)34-21-30(39)37-27-20-24(10-8-23(27)9-11-29(37)38)41-18-4-3-13-35-14-16-36(17-15-35)26-6-5-7-28-25(26)12-19-42-28/h5-12,19-20,22,31H,3-4,13-18,21,33H2,1-2H3,(H,34,40). The number of ether oxygens (including phenoxy) is 1. The Morgan fingerprint density at radius 1 is 1.02 bits per heavy atom. The molecule has 9 nitrogen and oxygen atoms in total. The van der Waals surface area contributed by atoms with Gasteiger partial charge in [-0.25, -0.2) is 4.57 Å². The zero-order valence-corrected chi connectivity index (χ0v) is 25.1. The maximum atomic E-state index is 12.9. The lowest BCUT2D eigenvalue weighted by Crippen LogP contribution is -2.46. The highest BCUT2D eigenvalue weighted by molar-refractivity contribution is 7.17. The quantitative estimate of drug-likeness (QED) is 0.255. The molecule has 0 saturated carbocycles. The van der Waals surface area contributed by atoms with Crippen molar-refractivity contribution in [3.63, 3.8) is 0 Å². The van der Waals surface area contributed by atoms with E-state index in [1.165, 1.54) is 21.8 Å². The molecule has 1 aliphatic heterocycles. The molecule has 1 atom stereocenters. The molecule has 1 saturated heterocycles. The number of piperazine rings is 1. The first-order valence-electron chi connectivity index (χ1n) is 14.6. The highest BCUT2D eigenvalue weighted by atomic mass is 32.1. The summed E-state index contributed by atoms with van der Waals surface area (Å²) in [7, 11) is 0. The second-order valence-electron chi connectivity index (χ2n) is 11.1. The first-order valence-corrected chi connectivity index (χ1v) is 15.5. The zero-order chi connectivity index (χ0) is 29.6. The SMILES string of the molecule is CC(C)C(N)C(=O)NCC(=O)n1c(=O)ccc2ccc(OCCCCN3CCN(c4cccc5sccc45)CC3)cc21. The van der Waals surface area contributed by atoms with Crippen molar-refractivity contribution < 1.29 is 14.3 Å². The van der Waals surface area contributed by atoms with E-state index in [0.29, 0.717) is 17.9 Å². The molecule has 5 rings (SSSR count). The molecule has 3 heterocycles. The number of unbranched alkanes of at least 4 members (excludes halogenated alkanes) is 1. The topological polar surface area (TPSA) is 110 Å². The maximum Gasteiger partial charge on any atom is 0.257 e. The first-order chi connectivity index (χ1) is 20.3. The van der Waals surface area contributed by atoms with Gasteiger partial charge in [0, 0.05) is 54.1 Å². The average molecular weight is 590 g/mol. The molecule has 2 aromatic heterocycles. The summed E-state index contributed by atoms with van der Waals surface area (Å²) in [6, 6.07) is 16.5.